The predicted octanol–water partition coefficient (Wildman–Crippen LogP) is 15.9. The molecule has 0 aliphatic rings. The van der Waals surface area contributed by atoms with E-state index in [9.17, 15) is 18.4 Å². The molecule has 10 rings (SSSR count). The summed E-state index contributed by atoms with van der Waals surface area (Å²) in [5, 5.41) is 15.3. The van der Waals surface area contributed by atoms with Crippen LogP contribution in [0.2, 0.25) is 0 Å². The standard InChI is InChI=1S/C57H44F3N3/c1-32-20-35(4)55(36(5)21-32)39-16-18-46-44-12-8-10-14-49(44)62(52(46)27-39)51-30-48(41-24-34(3)25-43(26-41)57(58,59)60)54(29-42(51)31-61)63-50-15-11-9-13-45(50)47-19-17-40(28-53(47)63)56-37(6)22-33(2)23-38(56)7/h8-30H,1-7H3. The minimum atomic E-state index is -4.57. The molecule has 0 aliphatic carbocycles. The van der Waals surface area contributed by atoms with Gasteiger partial charge in [-0.1, -0.05) is 102 Å². The molecule has 0 N–H and O–H groups in total. The maximum atomic E-state index is 14.7. The first-order valence-corrected chi connectivity index (χ1v) is 21.2. The summed E-state index contributed by atoms with van der Waals surface area (Å²) in [7, 11) is 0. The van der Waals surface area contributed by atoms with Crippen molar-refractivity contribution in [2.24, 2.45) is 0 Å². The second-order valence-electron chi connectivity index (χ2n) is 17.3. The van der Waals surface area contributed by atoms with Crippen molar-refractivity contribution >= 4 is 43.6 Å². The van der Waals surface area contributed by atoms with Gasteiger partial charge in [-0.25, -0.2) is 0 Å². The highest BCUT2D eigenvalue weighted by molar-refractivity contribution is 6.12. The fraction of sp³-hybridized carbons (Fsp3) is 0.140. The number of hydrogen-bond donors (Lipinski definition) is 0. The Labute approximate surface area is 364 Å². The first-order valence-electron chi connectivity index (χ1n) is 21.2. The lowest BCUT2D eigenvalue weighted by Gasteiger charge is -2.20. The van der Waals surface area contributed by atoms with Crippen molar-refractivity contribution in [1.82, 2.24) is 9.13 Å². The molecule has 3 nitrogen and oxygen atoms in total. The van der Waals surface area contributed by atoms with Gasteiger partial charge in [0.25, 0.3) is 0 Å². The fourth-order valence-corrected chi connectivity index (χ4v) is 10.4. The zero-order valence-electron chi connectivity index (χ0n) is 36.3. The van der Waals surface area contributed by atoms with Crippen LogP contribution in [0.4, 0.5) is 13.2 Å². The lowest BCUT2D eigenvalue weighted by Crippen LogP contribution is -2.07. The van der Waals surface area contributed by atoms with Crippen LogP contribution >= 0.6 is 0 Å². The van der Waals surface area contributed by atoms with Gasteiger partial charge >= 0.3 is 6.18 Å². The normalized spacial score (nSPS) is 12.0. The molecule has 0 bridgehead atoms. The topological polar surface area (TPSA) is 33.6 Å². The second kappa shape index (κ2) is 14.6. The van der Waals surface area contributed by atoms with Gasteiger partial charge in [0.15, 0.2) is 0 Å². The summed E-state index contributed by atoms with van der Waals surface area (Å²) in [6.07, 6.45) is -4.57. The number of nitrogens with zero attached hydrogens (tertiary/aromatic N) is 3. The molecule has 0 aliphatic heterocycles. The average Bonchev–Trinajstić information content (AvgIpc) is 3.74. The highest BCUT2D eigenvalue weighted by Crippen LogP contribution is 2.44. The van der Waals surface area contributed by atoms with E-state index in [4.69, 9.17) is 0 Å². The molecule has 0 radical (unpaired) electrons. The summed E-state index contributed by atoms with van der Waals surface area (Å²) >= 11 is 0. The van der Waals surface area contributed by atoms with Gasteiger partial charge in [-0.15, -0.1) is 0 Å². The molecule has 2 heterocycles. The number of rotatable bonds is 5. The van der Waals surface area contributed by atoms with Crippen LogP contribution in [0, 0.1) is 59.8 Å². The molecule has 8 aromatic carbocycles. The number of alkyl halides is 3. The van der Waals surface area contributed by atoms with E-state index in [-0.39, 0.29) is 0 Å². The number of para-hydroxylation sites is 2. The van der Waals surface area contributed by atoms with Crippen LogP contribution in [-0.4, -0.2) is 9.13 Å². The molecule has 0 atom stereocenters. The highest BCUT2D eigenvalue weighted by Gasteiger charge is 2.32. The zero-order valence-corrected chi connectivity index (χ0v) is 36.3. The summed E-state index contributed by atoms with van der Waals surface area (Å²) < 4.78 is 48.4. The first kappa shape index (κ1) is 39.8. The SMILES string of the molecule is Cc1cc(-c2cc(-n3c4ccccc4c4ccc(-c5c(C)cc(C)cc5C)cc43)c(C#N)cc2-n2c3ccccc3c3ccc(-c4c(C)cc(C)cc4C)cc32)cc(C(F)(F)F)c1. The largest absolute Gasteiger partial charge is 0.416 e. The Bertz CT molecular complexity index is 3540. The van der Waals surface area contributed by atoms with Crippen molar-refractivity contribution < 1.29 is 13.2 Å². The summed E-state index contributed by atoms with van der Waals surface area (Å²) in [4.78, 5) is 0. The van der Waals surface area contributed by atoms with Crippen LogP contribution in [0.1, 0.15) is 50.1 Å². The third-order valence-corrected chi connectivity index (χ3v) is 12.7. The minimum Gasteiger partial charge on any atom is -0.309 e. The number of nitriles is 1. The van der Waals surface area contributed by atoms with Gasteiger partial charge in [0.1, 0.15) is 6.07 Å². The maximum absolute atomic E-state index is 14.7. The van der Waals surface area contributed by atoms with Crippen molar-refractivity contribution in [2.45, 2.75) is 54.6 Å². The molecule has 6 heteroatoms. The highest BCUT2D eigenvalue weighted by atomic mass is 19.4. The van der Waals surface area contributed by atoms with Gasteiger partial charge in [0, 0.05) is 27.1 Å². The predicted molar refractivity (Wildman–Crippen MR) is 254 cm³/mol. The first-order chi connectivity index (χ1) is 30.2. The van der Waals surface area contributed by atoms with Gasteiger partial charge in [-0.3, -0.25) is 0 Å². The van der Waals surface area contributed by atoms with Crippen molar-refractivity contribution in [2.75, 3.05) is 0 Å². The Hall–Kier alpha value is -7.36. The van der Waals surface area contributed by atoms with Crippen LogP contribution in [0.25, 0.3) is 88.4 Å². The number of benzene rings is 8. The molecule has 0 unspecified atom stereocenters. The van der Waals surface area contributed by atoms with Crippen LogP contribution in [0.3, 0.4) is 0 Å². The van der Waals surface area contributed by atoms with E-state index in [1.165, 1.54) is 34.4 Å². The number of aryl methyl sites for hydroxylation is 7. The van der Waals surface area contributed by atoms with Crippen molar-refractivity contribution in [3.63, 3.8) is 0 Å². The fourth-order valence-electron chi connectivity index (χ4n) is 10.4. The average molecular weight is 828 g/mol. The Morgan fingerprint density at radius 3 is 1.35 bits per heavy atom. The van der Waals surface area contributed by atoms with Gasteiger partial charge in [-0.2, -0.15) is 18.4 Å². The number of hydrogen-bond acceptors (Lipinski definition) is 1. The Morgan fingerprint density at radius 2 is 0.873 bits per heavy atom. The van der Waals surface area contributed by atoms with Crippen LogP contribution in [0.15, 0.2) is 140 Å². The molecule has 0 saturated heterocycles. The van der Waals surface area contributed by atoms with E-state index in [0.717, 1.165) is 77.0 Å². The summed E-state index contributed by atoms with van der Waals surface area (Å²) in [6, 6.07) is 48.6. The number of halogens is 3. The lowest BCUT2D eigenvalue weighted by atomic mass is 9.93. The second-order valence-corrected chi connectivity index (χ2v) is 17.3. The van der Waals surface area contributed by atoms with E-state index in [1.54, 1.807) is 6.92 Å². The van der Waals surface area contributed by atoms with Crippen molar-refractivity contribution in [3.05, 3.63) is 190 Å². The monoisotopic (exact) mass is 827 g/mol. The van der Waals surface area contributed by atoms with E-state index < -0.39 is 11.7 Å². The van der Waals surface area contributed by atoms with Gasteiger partial charge in [0.2, 0.25) is 0 Å². The van der Waals surface area contributed by atoms with E-state index >= 15 is 0 Å². The Kier molecular flexibility index (Phi) is 9.24. The van der Waals surface area contributed by atoms with Crippen molar-refractivity contribution in [3.8, 4) is 50.8 Å². The molecule has 0 fully saturated rings. The molecule has 10 aromatic rings. The molecule has 63 heavy (non-hydrogen) atoms. The molecule has 0 amide bonds. The molecule has 2 aromatic heterocycles. The van der Waals surface area contributed by atoms with Crippen LogP contribution in [-0.2, 0) is 6.18 Å². The maximum Gasteiger partial charge on any atom is 0.416 e. The molecular formula is C57H44F3N3. The van der Waals surface area contributed by atoms with E-state index in [2.05, 4.69) is 130 Å². The third kappa shape index (κ3) is 6.50. The number of fused-ring (bicyclic) bond motifs is 6. The lowest BCUT2D eigenvalue weighted by molar-refractivity contribution is -0.137. The minimum absolute atomic E-state index is 0.389. The van der Waals surface area contributed by atoms with Gasteiger partial charge in [-0.05, 0) is 153 Å². The van der Waals surface area contributed by atoms with E-state index in [0.29, 0.717) is 33.6 Å². The zero-order chi connectivity index (χ0) is 44.1. The smallest absolute Gasteiger partial charge is 0.309 e. The van der Waals surface area contributed by atoms with Gasteiger partial charge < -0.3 is 9.13 Å². The molecule has 0 saturated carbocycles. The number of aromatic nitrogens is 2. The molecule has 0 spiro atoms. The Balaban J connectivity index is 1.33. The summed E-state index contributed by atoms with van der Waals surface area (Å²) in [5.74, 6) is 0. The molecule has 308 valence electrons. The summed E-state index contributed by atoms with van der Waals surface area (Å²) in [6.45, 7) is 14.4. The van der Waals surface area contributed by atoms with Crippen molar-refractivity contribution in [1.29, 1.82) is 5.26 Å². The Morgan fingerprint density at radius 1 is 0.429 bits per heavy atom. The van der Waals surface area contributed by atoms with Gasteiger partial charge in [0.05, 0.1) is 44.6 Å². The quantitative estimate of drug-likeness (QED) is 0.170. The summed E-state index contributed by atoms with van der Waals surface area (Å²) in [5.41, 5.74) is 17.3. The third-order valence-electron chi connectivity index (χ3n) is 12.7. The van der Waals surface area contributed by atoms with E-state index in [1.807, 2.05) is 54.6 Å². The molecular weight excluding hydrogens is 784 g/mol. The van der Waals surface area contributed by atoms with Crippen LogP contribution < -0.4 is 0 Å². The van der Waals surface area contributed by atoms with Crippen LogP contribution in [0.5, 0.6) is 0 Å².